The van der Waals surface area contributed by atoms with Gasteiger partial charge in [-0.2, -0.15) is 0 Å². The highest BCUT2D eigenvalue weighted by Gasteiger charge is 1.93. The molecule has 0 atom stereocenters. The molecule has 0 aliphatic rings. The molecule has 0 N–H and O–H groups in total. The molecule has 0 saturated heterocycles. The van der Waals surface area contributed by atoms with Gasteiger partial charge < -0.3 is 14.2 Å². The minimum Gasteiger partial charge on any atom is -0.490 e. The molecule has 0 fully saturated rings. The molecule has 0 amide bonds. The van der Waals surface area contributed by atoms with Gasteiger partial charge in [-0.05, 0) is 17.9 Å². The number of thiophene rings is 1. The van der Waals surface area contributed by atoms with Crippen LogP contribution in [-0.4, -0.2) is 33.0 Å². The Labute approximate surface area is 101 Å². The lowest BCUT2D eigenvalue weighted by Gasteiger charge is -2.06. The third-order valence-electron chi connectivity index (χ3n) is 2.01. The van der Waals surface area contributed by atoms with Crippen LogP contribution in [-0.2, 0) is 9.47 Å². The lowest BCUT2D eigenvalue weighted by Crippen LogP contribution is -2.10. The smallest absolute Gasteiger partial charge is 0.130 e. The molecule has 0 spiro atoms. The maximum atomic E-state index is 5.44. The monoisotopic (exact) mass is 244 g/mol. The summed E-state index contributed by atoms with van der Waals surface area (Å²) in [6.07, 6.45) is 2.30. The Hall–Kier alpha value is -0.580. The minimum absolute atomic E-state index is 0.603. The Morgan fingerprint density at radius 2 is 1.81 bits per heavy atom. The van der Waals surface area contributed by atoms with Crippen LogP contribution in [0.2, 0.25) is 0 Å². The van der Waals surface area contributed by atoms with Crippen LogP contribution in [0.1, 0.15) is 19.8 Å². The van der Waals surface area contributed by atoms with Crippen LogP contribution < -0.4 is 4.74 Å². The van der Waals surface area contributed by atoms with Gasteiger partial charge in [0.1, 0.15) is 12.4 Å². The molecule has 1 aromatic heterocycles. The summed E-state index contributed by atoms with van der Waals surface area (Å²) in [6, 6.07) is 1.96. The van der Waals surface area contributed by atoms with Crippen molar-refractivity contribution in [1.82, 2.24) is 0 Å². The van der Waals surface area contributed by atoms with E-state index in [1.54, 1.807) is 11.3 Å². The van der Waals surface area contributed by atoms with Gasteiger partial charge in [0.15, 0.2) is 0 Å². The van der Waals surface area contributed by atoms with E-state index in [0.29, 0.717) is 26.4 Å². The van der Waals surface area contributed by atoms with Gasteiger partial charge in [-0.25, -0.2) is 0 Å². The second-order valence-electron chi connectivity index (χ2n) is 3.39. The minimum atomic E-state index is 0.603. The summed E-state index contributed by atoms with van der Waals surface area (Å²) in [5.74, 6) is 0.924. The maximum absolute atomic E-state index is 5.44. The van der Waals surface area contributed by atoms with E-state index < -0.39 is 0 Å². The topological polar surface area (TPSA) is 27.7 Å². The Morgan fingerprint density at radius 1 is 1.06 bits per heavy atom. The summed E-state index contributed by atoms with van der Waals surface area (Å²) in [4.78, 5) is 0. The lowest BCUT2D eigenvalue weighted by atomic mass is 10.4. The van der Waals surface area contributed by atoms with Gasteiger partial charge in [-0.15, -0.1) is 11.3 Å². The summed E-state index contributed by atoms with van der Waals surface area (Å²) >= 11 is 1.63. The van der Waals surface area contributed by atoms with Crippen molar-refractivity contribution in [3.05, 3.63) is 16.8 Å². The third kappa shape index (κ3) is 6.82. The van der Waals surface area contributed by atoms with Crippen LogP contribution in [0.5, 0.6) is 5.75 Å². The van der Waals surface area contributed by atoms with Crippen LogP contribution in [0, 0.1) is 0 Å². The number of ether oxygens (including phenoxy) is 3. The van der Waals surface area contributed by atoms with E-state index in [1.807, 2.05) is 16.8 Å². The molecule has 0 radical (unpaired) electrons. The molecule has 16 heavy (non-hydrogen) atoms. The van der Waals surface area contributed by atoms with E-state index in [0.717, 1.165) is 18.8 Å². The molecule has 0 aromatic carbocycles. The van der Waals surface area contributed by atoms with E-state index in [1.165, 1.54) is 6.42 Å². The average molecular weight is 244 g/mol. The first-order valence-corrected chi connectivity index (χ1v) is 6.68. The number of hydrogen-bond acceptors (Lipinski definition) is 4. The van der Waals surface area contributed by atoms with Gasteiger partial charge in [0.25, 0.3) is 0 Å². The van der Waals surface area contributed by atoms with Crippen LogP contribution in [0.25, 0.3) is 0 Å². The highest BCUT2D eigenvalue weighted by Crippen LogP contribution is 2.14. The fourth-order valence-corrected chi connectivity index (χ4v) is 1.69. The third-order valence-corrected chi connectivity index (χ3v) is 2.67. The maximum Gasteiger partial charge on any atom is 0.130 e. The van der Waals surface area contributed by atoms with Crippen molar-refractivity contribution in [3.63, 3.8) is 0 Å². The molecule has 0 aliphatic heterocycles. The van der Waals surface area contributed by atoms with Gasteiger partial charge in [-0.3, -0.25) is 0 Å². The van der Waals surface area contributed by atoms with Gasteiger partial charge >= 0.3 is 0 Å². The van der Waals surface area contributed by atoms with Gasteiger partial charge in [0.05, 0.1) is 19.8 Å². The zero-order chi connectivity index (χ0) is 11.5. The zero-order valence-electron chi connectivity index (χ0n) is 9.81. The van der Waals surface area contributed by atoms with Crippen molar-refractivity contribution in [2.24, 2.45) is 0 Å². The number of unbranched alkanes of at least 4 members (excludes halogenated alkanes) is 1. The zero-order valence-corrected chi connectivity index (χ0v) is 10.6. The highest BCUT2D eigenvalue weighted by atomic mass is 32.1. The summed E-state index contributed by atoms with van der Waals surface area (Å²) in [5.41, 5.74) is 0. The first-order valence-electron chi connectivity index (χ1n) is 5.74. The Kier molecular flexibility index (Phi) is 8.12. The molecular weight excluding hydrogens is 224 g/mol. The predicted molar refractivity (Wildman–Crippen MR) is 66.4 cm³/mol. The molecule has 1 aromatic rings. The summed E-state index contributed by atoms with van der Waals surface area (Å²) < 4.78 is 16.2. The van der Waals surface area contributed by atoms with Crippen molar-refractivity contribution < 1.29 is 14.2 Å². The Bertz CT molecular complexity index is 236. The fraction of sp³-hybridized carbons (Fsp3) is 0.667. The van der Waals surface area contributed by atoms with Crippen molar-refractivity contribution in [2.75, 3.05) is 33.0 Å². The Morgan fingerprint density at radius 3 is 2.50 bits per heavy atom. The Balaban J connectivity index is 1.78. The second-order valence-corrected chi connectivity index (χ2v) is 4.17. The molecule has 1 rings (SSSR count). The van der Waals surface area contributed by atoms with E-state index >= 15 is 0 Å². The van der Waals surface area contributed by atoms with Crippen molar-refractivity contribution in [3.8, 4) is 5.75 Å². The molecule has 0 unspecified atom stereocenters. The highest BCUT2D eigenvalue weighted by molar-refractivity contribution is 7.08. The molecule has 0 bridgehead atoms. The van der Waals surface area contributed by atoms with Crippen molar-refractivity contribution in [1.29, 1.82) is 0 Å². The summed E-state index contributed by atoms with van der Waals surface area (Å²) in [5, 5.41) is 3.98. The number of rotatable bonds is 10. The first kappa shape index (κ1) is 13.5. The molecule has 3 nitrogen and oxygen atoms in total. The first-order chi connectivity index (χ1) is 7.93. The normalized spacial score (nSPS) is 10.6. The SMILES string of the molecule is CCCCOCCOCCOc1ccsc1. The van der Waals surface area contributed by atoms with Gasteiger partial charge in [0, 0.05) is 12.0 Å². The molecule has 0 aliphatic carbocycles. The molecule has 4 heteroatoms. The molecule has 92 valence electrons. The van der Waals surface area contributed by atoms with E-state index in [9.17, 15) is 0 Å². The van der Waals surface area contributed by atoms with Gasteiger partial charge in [0.2, 0.25) is 0 Å². The molecule has 0 saturated carbocycles. The van der Waals surface area contributed by atoms with Gasteiger partial charge in [-0.1, -0.05) is 13.3 Å². The molecular formula is C12H20O3S. The van der Waals surface area contributed by atoms with Crippen LogP contribution in [0.3, 0.4) is 0 Å². The van der Waals surface area contributed by atoms with Crippen LogP contribution in [0.15, 0.2) is 16.8 Å². The van der Waals surface area contributed by atoms with E-state index in [2.05, 4.69) is 6.92 Å². The van der Waals surface area contributed by atoms with Crippen molar-refractivity contribution in [2.45, 2.75) is 19.8 Å². The summed E-state index contributed by atoms with van der Waals surface area (Å²) in [6.45, 7) is 5.54. The van der Waals surface area contributed by atoms with E-state index in [-0.39, 0.29) is 0 Å². The molecule has 1 heterocycles. The lowest BCUT2D eigenvalue weighted by molar-refractivity contribution is 0.0356. The summed E-state index contributed by atoms with van der Waals surface area (Å²) in [7, 11) is 0. The predicted octanol–water partition coefficient (Wildman–Crippen LogP) is 2.96. The van der Waals surface area contributed by atoms with Crippen molar-refractivity contribution >= 4 is 11.3 Å². The van der Waals surface area contributed by atoms with E-state index in [4.69, 9.17) is 14.2 Å². The average Bonchev–Trinajstić information content (AvgIpc) is 2.80. The fourth-order valence-electron chi connectivity index (χ4n) is 1.12. The second kappa shape index (κ2) is 9.63. The quantitative estimate of drug-likeness (QED) is 0.592. The standard InChI is InChI=1S/C12H20O3S/c1-2-3-5-13-6-7-14-8-9-15-12-4-10-16-11-12/h4,10-11H,2-3,5-9H2,1H3. The number of hydrogen-bond donors (Lipinski definition) is 0. The van der Waals surface area contributed by atoms with Crippen LogP contribution >= 0.6 is 11.3 Å². The largest absolute Gasteiger partial charge is 0.490 e. The van der Waals surface area contributed by atoms with Crippen LogP contribution in [0.4, 0.5) is 0 Å².